The fourth-order valence-corrected chi connectivity index (χ4v) is 3.65. The highest BCUT2D eigenvalue weighted by Crippen LogP contribution is 2.27. The first-order chi connectivity index (χ1) is 12.2. The zero-order valence-corrected chi connectivity index (χ0v) is 15.7. The number of fused-ring (bicyclic) bond motifs is 1. The Hall–Kier alpha value is -1.99. The normalized spacial score (nSPS) is 15.6. The van der Waals surface area contributed by atoms with Crippen LogP contribution in [-0.2, 0) is 11.3 Å². The Labute approximate surface area is 154 Å². The van der Waals surface area contributed by atoms with Crippen LogP contribution in [0.1, 0.15) is 35.7 Å². The maximum absolute atomic E-state index is 5.49. The van der Waals surface area contributed by atoms with Crippen LogP contribution < -0.4 is 5.32 Å². The minimum Gasteiger partial charge on any atom is -0.381 e. The summed E-state index contributed by atoms with van der Waals surface area (Å²) in [5.74, 6) is 1.70. The molecule has 1 aliphatic heterocycles. The van der Waals surface area contributed by atoms with Gasteiger partial charge in [0.2, 0.25) is 5.95 Å². The summed E-state index contributed by atoms with van der Waals surface area (Å²) in [6.45, 7) is 4.28. The van der Waals surface area contributed by atoms with Crippen molar-refractivity contribution in [3.05, 3.63) is 51.8 Å². The zero-order chi connectivity index (χ0) is 17.2. The van der Waals surface area contributed by atoms with E-state index in [2.05, 4.69) is 54.5 Å². The zero-order valence-electron chi connectivity index (χ0n) is 14.1. The van der Waals surface area contributed by atoms with Crippen LogP contribution in [0, 0.1) is 6.92 Å². The molecule has 1 aromatic carbocycles. The van der Waals surface area contributed by atoms with Crippen molar-refractivity contribution in [2.24, 2.45) is 0 Å². The fourth-order valence-electron chi connectivity index (χ4n) is 3.20. The predicted octanol–water partition coefficient (Wildman–Crippen LogP) is 3.70. The van der Waals surface area contributed by atoms with Crippen LogP contribution in [0.2, 0.25) is 0 Å². The third-order valence-corrected chi connectivity index (χ3v) is 4.94. The Bertz CT molecular complexity index is 888. The molecule has 4 rings (SSSR count). The molecule has 1 N–H and O–H groups in total. The van der Waals surface area contributed by atoms with Gasteiger partial charge in [0.15, 0.2) is 0 Å². The van der Waals surface area contributed by atoms with Crippen LogP contribution in [0.5, 0.6) is 0 Å². The highest BCUT2D eigenvalue weighted by atomic mass is 79.9. The van der Waals surface area contributed by atoms with Crippen molar-refractivity contribution in [3.8, 4) is 0 Å². The van der Waals surface area contributed by atoms with Crippen molar-refractivity contribution in [1.29, 1.82) is 0 Å². The summed E-state index contributed by atoms with van der Waals surface area (Å²) in [5, 5.41) is 7.94. The molecule has 0 atom stereocenters. The van der Waals surface area contributed by atoms with E-state index in [1.54, 1.807) is 0 Å². The molecular weight excluding hydrogens is 382 g/mol. The molecular formula is C18H20BrN5O. The Kier molecular flexibility index (Phi) is 4.67. The summed E-state index contributed by atoms with van der Waals surface area (Å²) in [5.41, 5.74) is 3.32. The fraction of sp³-hybridized carbons (Fsp3) is 0.389. The SMILES string of the molecule is Cc1cc(C2CCOCC2)n2nc(NCc3cccc(Br)c3)nc2n1. The van der Waals surface area contributed by atoms with E-state index in [9.17, 15) is 0 Å². The first-order valence-electron chi connectivity index (χ1n) is 8.49. The predicted molar refractivity (Wildman–Crippen MR) is 99.8 cm³/mol. The second-order valence-corrected chi connectivity index (χ2v) is 7.26. The lowest BCUT2D eigenvalue weighted by Crippen LogP contribution is -2.17. The lowest BCUT2D eigenvalue weighted by atomic mass is 9.96. The van der Waals surface area contributed by atoms with Gasteiger partial charge in [0, 0.05) is 35.8 Å². The highest BCUT2D eigenvalue weighted by Gasteiger charge is 2.21. The average molecular weight is 402 g/mol. The van der Waals surface area contributed by atoms with E-state index in [-0.39, 0.29) is 0 Å². The van der Waals surface area contributed by atoms with E-state index in [1.807, 2.05) is 23.6 Å². The number of aryl methyl sites for hydroxylation is 1. The molecule has 0 spiro atoms. The second kappa shape index (κ2) is 7.09. The topological polar surface area (TPSA) is 64.3 Å². The minimum absolute atomic E-state index is 0.442. The Morgan fingerprint density at radius 1 is 1.24 bits per heavy atom. The number of aromatic nitrogens is 4. The second-order valence-electron chi connectivity index (χ2n) is 6.34. The molecule has 0 saturated carbocycles. The van der Waals surface area contributed by atoms with Crippen LogP contribution in [0.15, 0.2) is 34.8 Å². The Balaban J connectivity index is 1.60. The third-order valence-electron chi connectivity index (χ3n) is 4.45. The van der Waals surface area contributed by atoms with Gasteiger partial charge in [-0.2, -0.15) is 9.50 Å². The summed E-state index contributed by atoms with van der Waals surface area (Å²) in [4.78, 5) is 9.08. The van der Waals surface area contributed by atoms with Crippen LogP contribution in [0.4, 0.5) is 5.95 Å². The van der Waals surface area contributed by atoms with E-state index >= 15 is 0 Å². The number of nitrogens with zero attached hydrogens (tertiary/aromatic N) is 4. The number of nitrogens with one attached hydrogen (secondary N) is 1. The van der Waals surface area contributed by atoms with Crippen molar-refractivity contribution in [3.63, 3.8) is 0 Å². The summed E-state index contributed by atoms with van der Waals surface area (Å²) in [6, 6.07) is 10.3. The molecule has 1 fully saturated rings. The summed E-state index contributed by atoms with van der Waals surface area (Å²) in [7, 11) is 0. The molecule has 3 heterocycles. The molecule has 0 unspecified atom stereocenters. The quantitative estimate of drug-likeness (QED) is 0.721. The number of ether oxygens (including phenoxy) is 1. The van der Waals surface area contributed by atoms with Gasteiger partial charge >= 0.3 is 0 Å². The number of benzene rings is 1. The van der Waals surface area contributed by atoms with Gasteiger partial charge in [-0.15, -0.1) is 5.10 Å². The summed E-state index contributed by atoms with van der Waals surface area (Å²) >= 11 is 3.49. The number of hydrogen-bond acceptors (Lipinski definition) is 5. The smallest absolute Gasteiger partial charge is 0.254 e. The molecule has 0 radical (unpaired) electrons. The largest absolute Gasteiger partial charge is 0.381 e. The molecule has 7 heteroatoms. The van der Waals surface area contributed by atoms with Crippen LogP contribution in [0.3, 0.4) is 0 Å². The van der Waals surface area contributed by atoms with E-state index in [0.717, 1.165) is 36.2 Å². The summed E-state index contributed by atoms with van der Waals surface area (Å²) < 4.78 is 8.43. The standard InChI is InChI=1S/C18H20BrN5O/c1-12-9-16(14-5-7-25-8-6-14)24-18(21-12)22-17(23-24)20-11-13-3-2-4-15(19)10-13/h2-4,9-10,14H,5-8,11H2,1H3,(H,20,23). The molecule has 130 valence electrons. The van der Waals surface area contributed by atoms with Gasteiger partial charge in [-0.05, 0) is 43.5 Å². The lowest BCUT2D eigenvalue weighted by molar-refractivity contribution is 0.0840. The van der Waals surface area contributed by atoms with Crippen LogP contribution in [0.25, 0.3) is 5.78 Å². The van der Waals surface area contributed by atoms with Gasteiger partial charge in [0.1, 0.15) is 0 Å². The Morgan fingerprint density at radius 3 is 2.88 bits per heavy atom. The molecule has 2 aromatic heterocycles. The first-order valence-corrected chi connectivity index (χ1v) is 9.29. The van der Waals surface area contributed by atoms with Crippen molar-refractivity contribution < 1.29 is 4.74 Å². The molecule has 6 nitrogen and oxygen atoms in total. The number of rotatable bonds is 4. The minimum atomic E-state index is 0.442. The first kappa shape index (κ1) is 16.5. The molecule has 0 aliphatic carbocycles. The summed E-state index contributed by atoms with van der Waals surface area (Å²) in [6.07, 6.45) is 2.03. The number of hydrogen-bond donors (Lipinski definition) is 1. The highest BCUT2D eigenvalue weighted by molar-refractivity contribution is 9.10. The molecule has 25 heavy (non-hydrogen) atoms. The van der Waals surface area contributed by atoms with E-state index in [4.69, 9.17) is 4.74 Å². The maximum Gasteiger partial charge on any atom is 0.254 e. The number of anilines is 1. The van der Waals surface area contributed by atoms with Crippen molar-refractivity contribution in [2.45, 2.75) is 32.2 Å². The monoisotopic (exact) mass is 401 g/mol. The van der Waals surface area contributed by atoms with E-state index in [0.29, 0.717) is 24.2 Å². The van der Waals surface area contributed by atoms with E-state index in [1.165, 1.54) is 11.3 Å². The lowest BCUT2D eigenvalue weighted by Gasteiger charge is -2.22. The molecule has 3 aromatic rings. The average Bonchev–Trinajstić information content (AvgIpc) is 3.03. The van der Waals surface area contributed by atoms with Gasteiger partial charge in [-0.3, -0.25) is 0 Å². The van der Waals surface area contributed by atoms with Gasteiger partial charge in [0.05, 0.1) is 5.69 Å². The molecule has 1 aliphatic rings. The van der Waals surface area contributed by atoms with Gasteiger partial charge in [0.25, 0.3) is 5.78 Å². The van der Waals surface area contributed by atoms with Crippen molar-refractivity contribution in [1.82, 2.24) is 19.6 Å². The third kappa shape index (κ3) is 3.67. The van der Waals surface area contributed by atoms with Crippen molar-refractivity contribution >= 4 is 27.7 Å². The molecule has 0 amide bonds. The number of halogens is 1. The van der Waals surface area contributed by atoms with Crippen LogP contribution >= 0.6 is 15.9 Å². The maximum atomic E-state index is 5.49. The van der Waals surface area contributed by atoms with Gasteiger partial charge < -0.3 is 10.1 Å². The van der Waals surface area contributed by atoms with Gasteiger partial charge in [-0.25, -0.2) is 4.98 Å². The molecule has 0 bridgehead atoms. The Morgan fingerprint density at radius 2 is 2.08 bits per heavy atom. The molecule has 1 saturated heterocycles. The van der Waals surface area contributed by atoms with Gasteiger partial charge in [-0.1, -0.05) is 28.1 Å². The van der Waals surface area contributed by atoms with Crippen LogP contribution in [-0.4, -0.2) is 32.8 Å². The van der Waals surface area contributed by atoms with E-state index < -0.39 is 0 Å². The van der Waals surface area contributed by atoms with Crippen molar-refractivity contribution in [2.75, 3.05) is 18.5 Å².